The minimum Gasteiger partial charge on any atom is -0.478 e. The number of halogens is 1. The van der Waals surface area contributed by atoms with Gasteiger partial charge in [-0.1, -0.05) is 0 Å². The van der Waals surface area contributed by atoms with Crippen LogP contribution in [-0.2, 0) is 14.8 Å². The molecule has 0 spiro atoms. The van der Waals surface area contributed by atoms with Gasteiger partial charge in [0.1, 0.15) is 5.82 Å². The van der Waals surface area contributed by atoms with E-state index in [0.29, 0.717) is 0 Å². The lowest BCUT2D eigenvalue weighted by molar-refractivity contribution is 0.0102. The maximum atomic E-state index is 13.3. The van der Waals surface area contributed by atoms with E-state index >= 15 is 0 Å². The van der Waals surface area contributed by atoms with E-state index in [0.717, 1.165) is 18.2 Å². The molecular formula is C12H14FNO5S. The molecule has 0 saturated carbocycles. The molecule has 1 N–H and O–H groups in total. The third-order valence-corrected chi connectivity index (χ3v) is 4.87. The highest BCUT2D eigenvalue weighted by atomic mass is 32.2. The van der Waals surface area contributed by atoms with Gasteiger partial charge in [-0.3, -0.25) is 0 Å². The standard InChI is InChI=1S/C12H14FNO5S/c1-8-7-14(4-5-19-8)20(17,18)9-2-3-11(13)10(6-9)12(15)16/h2-3,6,8H,4-5,7H2,1H3,(H,15,16). The van der Waals surface area contributed by atoms with Crippen LogP contribution < -0.4 is 0 Å². The van der Waals surface area contributed by atoms with Crippen LogP contribution in [0.25, 0.3) is 0 Å². The van der Waals surface area contributed by atoms with Gasteiger partial charge in [0.25, 0.3) is 0 Å². The highest BCUT2D eigenvalue weighted by molar-refractivity contribution is 7.89. The molecule has 20 heavy (non-hydrogen) atoms. The summed E-state index contributed by atoms with van der Waals surface area (Å²) < 4.78 is 44.5. The molecule has 0 amide bonds. The van der Waals surface area contributed by atoms with E-state index < -0.39 is 27.4 Å². The highest BCUT2D eigenvalue weighted by Gasteiger charge is 2.30. The molecule has 1 aliphatic heterocycles. The number of carbonyl (C=O) groups is 1. The number of rotatable bonds is 3. The van der Waals surface area contributed by atoms with Crippen molar-refractivity contribution in [3.8, 4) is 0 Å². The molecule has 1 aromatic carbocycles. The fourth-order valence-corrected chi connectivity index (χ4v) is 3.51. The molecule has 110 valence electrons. The van der Waals surface area contributed by atoms with Crippen LogP contribution in [0.15, 0.2) is 23.1 Å². The summed E-state index contributed by atoms with van der Waals surface area (Å²) in [5.41, 5.74) is -0.660. The van der Waals surface area contributed by atoms with Crippen LogP contribution in [0.1, 0.15) is 17.3 Å². The predicted octanol–water partition coefficient (Wildman–Crippen LogP) is 0.933. The molecule has 0 bridgehead atoms. The number of hydrogen-bond acceptors (Lipinski definition) is 4. The van der Waals surface area contributed by atoms with Gasteiger partial charge in [-0.05, 0) is 25.1 Å². The van der Waals surface area contributed by atoms with Crippen molar-refractivity contribution in [3.05, 3.63) is 29.6 Å². The fraction of sp³-hybridized carbons (Fsp3) is 0.417. The molecule has 1 saturated heterocycles. The van der Waals surface area contributed by atoms with Crippen molar-refractivity contribution in [2.75, 3.05) is 19.7 Å². The number of ether oxygens (including phenoxy) is 1. The molecule has 0 radical (unpaired) electrons. The van der Waals surface area contributed by atoms with E-state index in [2.05, 4.69) is 0 Å². The summed E-state index contributed by atoms with van der Waals surface area (Å²) in [5, 5.41) is 8.84. The zero-order chi connectivity index (χ0) is 14.9. The molecule has 1 aliphatic rings. The molecule has 0 aromatic heterocycles. The van der Waals surface area contributed by atoms with Crippen LogP contribution >= 0.6 is 0 Å². The topological polar surface area (TPSA) is 83.9 Å². The Morgan fingerprint density at radius 3 is 2.80 bits per heavy atom. The lowest BCUT2D eigenvalue weighted by Crippen LogP contribution is -2.44. The van der Waals surface area contributed by atoms with Crippen LogP contribution in [0.3, 0.4) is 0 Å². The molecule has 0 aliphatic carbocycles. The van der Waals surface area contributed by atoms with E-state index in [1.54, 1.807) is 6.92 Å². The summed E-state index contributed by atoms with van der Waals surface area (Å²) in [6, 6.07) is 2.75. The van der Waals surface area contributed by atoms with Crippen molar-refractivity contribution >= 4 is 16.0 Å². The first-order valence-corrected chi connectivity index (χ1v) is 7.41. The number of sulfonamides is 1. The first-order chi connectivity index (χ1) is 9.32. The van der Waals surface area contributed by atoms with Crippen molar-refractivity contribution in [2.24, 2.45) is 0 Å². The second-order valence-electron chi connectivity index (χ2n) is 4.49. The summed E-state index contributed by atoms with van der Waals surface area (Å²) >= 11 is 0. The van der Waals surface area contributed by atoms with Gasteiger partial charge in [-0.2, -0.15) is 4.31 Å². The molecule has 1 fully saturated rings. The monoisotopic (exact) mass is 303 g/mol. The van der Waals surface area contributed by atoms with E-state index in [1.807, 2.05) is 0 Å². The first kappa shape index (κ1) is 14.9. The maximum Gasteiger partial charge on any atom is 0.338 e. The summed E-state index contributed by atoms with van der Waals surface area (Å²) in [6.07, 6.45) is -0.238. The molecule has 2 rings (SSSR count). The summed E-state index contributed by atoms with van der Waals surface area (Å²) in [4.78, 5) is 10.6. The molecule has 8 heteroatoms. The first-order valence-electron chi connectivity index (χ1n) is 5.97. The number of hydrogen-bond donors (Lipinski definition) is 1. The van der Waals surface area contributed by atoms with E-state index in [-0.39, 0.29) is 30.7 Å². The Hall–Kier alpha value is -1.51. The van der Waals surface area contributed by atoms with Crippen molar-refractivity contribution in [1.29, 1.82) is 0 Å². The average Bonchev–Trinajstić information content (AvgIpc) is 2.38. The second kappa shape index (κ2) is 5.47. The normalized spacial score (nSPS) is 20.8. The minimum atomic E-state index is -3.84. The molecule has 1 atom stereocenters. The maximum absolute atomic E-state index is 13.3. The van der Waals surface area contributed by atoms with Gasteiger partial charge in [-0.25, -0.2) is 17.6 Å². The zero-order valence-electron chi connectivity index (χ0n) is 10.7. The third-order valence-electron chi connectivity index (χ3n) is 3.01. The third kappa shape index (κ3) is 2.82. The molecular weight excluding hydrogens is 289 g/mol. The summed E-state index contributed by atoms with van der Waals surface area (Å²) in [6.45, 7) is 2.39. The van der Waals surface area contributed by atoms with E-state index in [1.165, 1.54) is 4.31 Å². The smallest absolute Gasteiger partial charge is 0.338 e. The zero-order valence-corrected chi connectivity index (χ0v) is 11.6. The minimum absolute atomic E-state index is 0.183. The number of carboxylic acid groups (broad SMARTS) is 1. The van der Waals surface area contributed by atoms with Crippen LogP contribution in [-0.4, -0.2) is 49.6 Å². The SMILES string of the molecule is CC1CN(S(=O)(=O)c2ccc(F)c(C(=O)O)c2)CCO1. The number of carboxylic acids is 1. The van der Waals surface area contributed by atoms with E-state index in [9.17, 15) is 17.6 Å². The van der Waals surface area contributed by atoms with Crippen LogP contribution in [0.2, 0.25) is 0 Å². The van der Waals surface area contributed by atoms with Crippen molar-refractivity contribution < 1.29 is 27.4 Å². The predicted molar refractivity (Wildman–Crippen MR) is 67.5 cm³/mol. The van der Waals surface area contributed by atoms with Gasteiger partial charge in [-0.15, -0.1) is 0 Å². The Kier molecular flexibility index (Phi) is 4.07. The Labute approximate surface area is 115 Å². The van der Waals surface area contributed by atoms with Gasteiger partial charge < -0.3 is 9.84 Å². The highest BCUT2D eigenvalue weighted by Crippen LogP contribution is 2.21. The summed E-state index contributed by atoms with van der Waals surface area (Å²) in [5.74, 6) is -2.47. The van der Waals surface area contributed by atoms with Gasteiger partial charge in [0.05, 0.1) is 23.2 Å². The molecule has 1 unspecified atom stereocenters. The molecule has 1 aromatic rings. The Morgan fingerprint density at radius 2 is 2.20 bits per heavy atom. The number of benzene rings is 1. The lowest BCUT2D eigenvalue weighted by atomic mass is 10.2. The average molecular weight is 303 g/mol. The number of aromatic carboxylic acids is 1. The Bertz CT molecular complexity index is 631. The van der Waals surface area contributed by atoms with E-state index in [4.69, 9.17) is 9.84 Å². The van der Waals surface area contributed by atoms with Crippen LogP contribution in [0, 0.1) is 5.82 Å². The fourth-order valence-electron chi connectivity index (χ4n) is 1.98. The Morgan fingerprint density at radius 1 is 1.50 bits per heavy atom. The number of nitrogens with zero attached hydrogens (tertiary/aromatic N) is 1. The summed E-state index contributed by atoms with van der Waals surface area (Å²) in [7, 11) is -3.84. The van der Waals surface area contributed by atoms with Crippen molar-refractivity contribution in [1.82, 2.24) is 4.31 Å². The quantitative estimate of drug-likeness (QED) is 0.898. The van der Waals surface area contributed by atoms with Crippen molar-refractivity contribution in [2.45, 2.75) is 17.9 Å². The van der Waals surface area contributed by atoms with Gasteiger partial charge in [0.15, 0.2) is 0 Å². The molecule has 6 nitrogen and oxygen atoms in total. The van der Waals surface area contributed by atoms with Gasteiger partial charge >= 0.3 is 5.97 Å². The largest absolute Gasteiger partial charge is 0.478 e. The lowest BCUT2D eigenvalue weighted by Gasteiger charge is -2.30. The van der Waals surface area contributed by atoms with Crippen LogP contribution in [0.5, 0.6) is 0 Å². The van der Waals surface area contributed by atoms with Crippen LogP contribution in [0.4, 0.5) is 4.39 Å². The van der Waals surface area contributed by atoms with Gasteiger partial charge in [0, 0.05) is 13.1 Å². The Balaban J connectivity index is 2.39. The second-order valence-corrected chi connectivity index (χ2v) is 6.43. The molecule has 1 heterocycles. The van der Waals surface area contributed by atoms with Gasteiger partial charge in [0.2, 0.25) is 10.0 Å². The number of morpholine rings is 1. The van der Waals surface area contributed by atoms with Crippen molar-refractivity contribution in [3.63, 3.8) is 0 Å².